The van der Waals surface area contributed by atoms with Gasteiger partial charge in [0.25, 0.3) is 0 Å². The van der Waals surface area contributed by atoms with Crippen molar-refractivity contribution >= 4 is 0 Å². The van der Waals surface area contributed by atoms with Crippen LogP contribution in [0.1, 0.15) is 33.6 Å². The molecule has 1 aliphatic heterocycles. The molecule has 16 heavy (non-hydrogen) atoms. The molecular weight excluding hydrogens is 200 g/mol. The Kier molecular flexibility index (Phi) is 5.22. The largest absolute Gasteiger partial charge is 0.392 e. The summed E-state index contributed by atoms with van der Waals surface area (Å²) in [6.07, 6.45) is 2.17. The van der Waals surface area contributed by atoms with E-state index in [0.29, 0.717) is 11.3 Å². The number of aliphatic hydroxyl groups is 1. The molecule has 96 valence electrons. The van der Waals surface area contributed by atoms with Gasteiger partial charge >= 0.3 is 0 Å². The minimum Gasteiger partial charge on any atom is -0.392 e. The summed E-state index contributed by atoms with van der Waals surface area (Å²) in [6.45, 7) is 10.8. The number of aliphatic hydroxyl groups excluding tert-OH is 1. The van der Waals surface area contributed by atoms with Gasteiger partial charge in [-0.05, 0) is 37.8 Å². The molecule has 2 N–H and O–H groups in total. The van der Waals surface area contributed by atoms with E-state index >= 15 is 0 Å². The molecule has 0 amide bonds. The molecular formula is C13H28N2O. The number of likely N-dealkylation sites (tertiary alicyclic amines) is 1. The van der Waals surface area contributed by atoms with Crippen LogP contribution in [-0.4, -0.2) is 49.3 Å². The van der Waals surface area contributed by atoms with Crippen molar-refractivity contribution in [3.8, 4) is 0 Å². The van der Waals surface area contributed by atoms with E-state index < -0.39 is 0 Å². The maximum Gasteiger partial charge on any atom is 0.0693 e. The second-order valence-electron chi connectivity index (χ2n) is 5.76. The number of nitrogens with zero attached hydrogens (tertiary/aromatic N) is 1. The molecule has 1 aliphatic rings. The Balaban J connectivity index is 2.46. The van der Waals surface area contributed by atoms with Crippen molar-refractivity contribution in [3.05, 3.63) is 0 Å². The predicted molar refractivity (Wildman–Crippen MR) is 68.6 cm³/mol. The summed E-state index contributed by atoms with van der Waals surface area (Å²) in [5.41, 5.74) is 0.328. The summed E-state index contributed by atoms with van der Waals surface area (Å²) in [5.74, 6) is 0.466. The SMILES string of the molecule is CCC(C)(CNC)CN1CCC(C)C(O)C1. The number of rotatable bonds is 5. The Morgan fingerprint density at radius 1 is 1.50 bits per heavy atom. The van der Waals surface area contributed by atoms with Crippen molar-refractivity contribution in [1.29, 1.82) is 0 Å². The molecule has 1 saturated heterocycles. The smallest absolute Gasteiger partial charge is 0.0693 e. The molecule has 0 spiro atoms. The Bertz CT molecular complexity index is 210. The number of hydrogen-bond donors (Lipinski definition) is 2. The Hall–Kier alpha value is -0.120. The molecule has 3 atom stereocenters. The van der Waals surface area contributed by atoms with Crippen molar-refractivity contribution in [2.45, 2.75) is 39.7 Å². The molecule has 3 unspecified atom stereocenters. The average Bonchev–Trinajstić information content (AvgIpc) is 2.24. The van der Waals surface area contributed by atoms with Crippen LogP contribution in [0.5, 0.6) is 0 Å². The number of β-amino-alcohol motifs (C(OH)–C–C–N with tert-alkyl or cyclic N) is 1. The van der Waals surface area contributed by atoms with E-state index in [1.54, 1.807) is 0 Å². The van der Waals surface area contributed by atoms with Crippen LogP contribution in [0.25, 0.3) is 0 Å². The lowest BCUT2D eigenvalue weighted by Crippen LogP contribution is -2.48. The van der Waals surface area contributed by atoms with Gasteiger partial charge in [-0.25, -0.2) is 0 Å². The standard InChI is InChI=1S/C13H28N2O/c1-5-13(3,9-14-4)10-15-7-6-11(2)12(16)8-15/h11-12,14,16H,5-10H2,1-4H3. The van der Waals surface area contributed by atoms with Gasteiger partial charge in [0.1, 0.15) is 0 Å². The van der Waals surface area contributed by atoms with E-state index in [1.165, 1.54) is 6.42 Å². The van der Waals surface area contributed by atoms with Crippen LogP contribution in [0.15, 0.2) is 0 Å². The molecule has 0 bridgehead atoms. The van der Waals surface area contributed by atoms with Gasteiger partial charge in [0, 0.05) is 19.6 Å². The maximum atomic E-state index is 9.89. The number of nitrogens with one attached hydrogen (secondary N) is 1. The first-order chi connectivity index (χ1) is 7.50. The van der Waals surface area contributed by atoms with Gasteiger partial charge in [-0.1, -0.05) is 20.8 Å². The van der Waals surface area contributed by atoms with Crippen molar-refractivity contribution in [2.75, 3.05) is 33.2 Å². The molecule has 1 heterocycles. The summed E-state index contributed by atoms with van der Waals surface area (Å²) in [4.78, 5) is 2.42. The molecule has 0 aliphatic carbocycles. The summed E-state index contributed by atoms with van der Waals surface area (Å²) >= 11 is 0. The van der Waals surface area contributed by atoms with E-state index in [4.69, 9.17) is 0 Å². The van der Waals surface area contributed by atoms with Gasteiger partial charge in [0.15, 0.2) is 0 Å². The molecule has 0 radical (unpaired) electrons. The van der Waals surface area contributed by atoms with Gasteiger partial charge in [-0.15, -0.1) is 0 Å². The van der Waals surface area contributed by atoms with E-state index in [2.05, 4.69) is 31.0 Å². The number of hydrogen-bond acceptors (Lipinski definition) is 3. The lowest BCUT2D eigenvalue weighted by molar-refractivity contribution is 0.0117. The van der Waals surface area contributed by atoms with Gasteiger partial charge in [-0.3, -0.25) is 0 Å². The number of piperidine rings is 1. The Labute approximate surface area is 100 Å². The molecule has 3 heteroatoms. The summed E-state index contributed by atoms with van der Waals surface area (Å²) in [5, 5.41) is 13.2. The van der Waals surface area contributed by atoms with E-state index in [1.807, 2.05) is 7.05 Å². The van der Waals surface area contributed by atoms with Gasteiger partial charge in [-0.2, -0.15) is 0 Å². The van der Waals surface area contributed by atoms with Gasteiger partial charge in [0.2, 0.25) is 0 Å². The first-order valence-electron chi connectivity index (χ1n) is 6.56. The highest BCUT2D eigenvalue weighted by Crippen LogP contribution is 2.25. The van der Waals surface area contributed by atoms with Crippen LogP contribution in [-0.2, 0) is 0 Å². The molecule has 0 aromatic rings. The van der Waals surface area contributed by atoms with Crippen molar-refractivity contribution in [3.63, 3.8) is 0 Å². The summed E-state index contributed by atoms with van der Waals surface area (Å²) in [6, 6.07) is 0. The molecule has 1 fully saturated rings. The fourth-order valence-corrected chi connectivity index (χ4v) is 2.52. The first kappa shape index (κ1) is 13.9. The topological polar surface area (TPSA) is 35.5 Å². The van der Waals surface area contributed by atoms with Crippen LogP contribution in [0, 0.1) is 11.3 Å². The summed E-state index contributed by atoms with van der Waals surface area (Å²) < 4.78 is 0. The maximum absolute atomic E-state index is 9.89. The van der Waals surface area contributed by atoms with Crippen LogP contribution < -0.4 is 5.32 Å². The van der Waals surface area contributed by atoms with Crippen LogP contribution in [0.4, 0.5) is 0 Å². The minimum absolute atomic E-state index is 0.135. The highest BCUT2D eigenvalue weighted by atomic mass is 16.3. The highest BCUT2D eigenvalue weighted by molar-refractivity contribution is 4.84. The van der Waals surface area contributed by atoms with Crippen LogP contribution >= 0.6 is 0 Å². The highest BCUT2D eigenvalue weighted by Gasteiger charge is 2.29. The molecule has 3 nitrogen and oxygen atoms in total. The average molecular weight is 228 g/mol. The zero-order valence-corrected chi connectivity index (χ0v) is 11.3. The normalized spacial score (nSPS) is 31.3. The third-order valence-electron chi connectivity index (χ3n) is 4.07. The molecule has 0 saturated carbocycles. The third-order valence-corrected chi connectivity index (χ3v) is 4.07. The first-order valence-corrected chi connectivity index (χ1v) is 6.56. The fraction of sp³-hybridized carbons (Fsp3) is 1.00. The lowest BCUT2D eigenvalue weighted by atomic mass is 9.85. The quantitative estimate of drug-likeness (QED) is 0.745. The van der Waals surface area contributed by atoms with Gasteiger partial charge in [0.05, 0.1) is 6.10 Å². The van der Waals surface area contributed by atoms with Crippen molar-refractivity contribution in [1.82, 2.24) is 10.2 Å². The fourth-order valence-electron chi connectivity index (χ4n) is 2.52. The second-order valence-corrected chi connectivity index (χ2v) is 5.76. The van der Waals surface area contributed by atoms with E-state index in [0.717, 1.165) is 32.6 Å². The van der Waals surface area contributed by atoms with E-state index in [9.17, 15) is 5.11 Å². The predicted octanol–water partition coefficient (Wildman–Crippen LogP) is 1.32. The van der Waals surface area contributed by atoms with Crippen molar-refractivity contribution < 1.29 is 5.11 Å². The zero-order chi connectivity index (χ0) is 12.2. The Morgan fingerprint density at radius 3 is 2.69 bits per heavy atom. The third kappa shape index (κ3) is 3.72. The minimum atomic E-state index is -0.135. The summed E-state index contributed by atoms with van der Waals surface area (Å²) in [7, 11) is 2.01. The molecule has 0 aromatic heterocycles. The van der Waals surface area contributed by atoms with Gasteiger partial charge < -0.3 is 15.3 Å². The molecule has 0 aromatic carbocycles. The van der Waals surface area contributed by atoms with E-state index in [-0.39, 0.29) is 6.10 Å². The lowest BCUT2D eigenvalue weighted by Gasteiger charge is -2.40. The van der Waals surface area contributed by atoms with Crippen LogP contribution in [0.3, 0.4) is 0 Å². The van der Waals surface area contributed by atoms with Crippen LogP contribution in [0.2, 0.25) is 0 Å². The Morgan fingerprint density at radius 2 is 2.19 bits per heavy atom. The molecule has 1 rings (SSSR count). The van der Waals surface area contributed by atoms with Crippen molar-refractivity contribution in [2.24, 2.45) is 11.3 Å². The monoisotopic (exact) mass is 228 g/mol. The zero-order valence-electron chi connectivity index (χ0n) is 11.3. The second kappa shape index (κ2) is 5.99.